The van der Waals surface area contributed by atoms with Crippen LogP contribution >= 0.6 is 0 Å². The summed E-state index contributed by atoms with van der Waals surface area (Å²) in [6.45, 7) is 9.99. The van der Waals surface area contributed by atoms with Gasteiger partial charge in [0.15, 0.2) is 0 Å². The van der Waals surface area contributed by atoms with Crippen LogP contribution in [0.1, 0.15) is 38.8 Å². The van der Waals surface area contributed by atoms with Crippen LogP contribution in [-0.2, 0) is 13.2 Å². The maximum absolute atomic E-state index is 8.98. The summed E-state index contributed by atoms with van der Waals surface area (Å²) in [6, 6.07) is 9.30. The first kappa shape index (κ1) is 13.2. The van der Waals surface area contributed by atoms with Gasteiger partial charge in [0, 0.05) is 18.6 Å². The Hall–Kier alpha value is -0.860. The molecule has 0 aliphatic heterocycles. The SMILES string of the molecule is CC(C)N(Cc1ccc(CO)cc1)C(C)C. The highest BCUT2D eigenvalue weighted by atomic mass is 16.3. The Labute approximate surface area is 98.9 Å². The van der Waals surface area contributed by atoms with Crippen molar-refractivity contribution in [1.82, 2.24) is 4.90 Å². The lowest BCUT2D eigenvalue weighted by Gasteiger charge is -2.30. The van der Waals surface area contributed by atoms with Crippen LogP contribution in [0.15, 0.2) is 24.3 Å². The van der Waals surface area contributed by atoms with Crippen LogP contribution in [0.2, 0.25) is 0 Å². The Morgan fingerprint density at radius 3 is 1.75 bits per heavy atom. The van der Waals surface area contributed by atoms with E-state index in [0.29, 0.717) is 12.1 Å². The fraction of sp³-hybridized carbons (Fsp3) is 0.571. The fourth-order valence-electron chi connectivity index (χ4n) is 1.92. The molecule has 1 aromatic carbocycles. The summed E-state index contributed by atoms with van der Waals surface area (Å²) < 4.78 is 0. The van der Waals surface area contributed by atoms with Gasteiger partial charge in [-0.1, -0.05) is 24.3 Å². The Kier molecular flexibility index (Phi) is 4.97. The summed E-state index contributed by atoms with van der Waals surface area (Å²) in [7, 11) is 0. The number of nitrogens with zero attached hydrogens (tertiary/aromatic N) is 1. The van der Waals surface area contributed by atoms with Crippen molar-refractivity contribution in [2.75, 3.05) is 0 Å². The summed E-state index contributed by atoms with van der Waals surface area (Å²) in [6.07, 6.45) is 0. The van der Waals surface area contributed by atoms with E-state index in [4.69, 9.17) is 5.11 Å². The normalized spacial score (nSPS) is 11.8. The van der Waals surface area contributed by atoms with Crippen molar-refractivity contribution in [2.45, 2.75) is 52.9 Å². The summed E-state index contributed by atoms with van der Waals surface area (Å²) in [5, 5.41) is 8.98. The Morgan fingerprint density at radius 2 is 1.38 bits per heavy atom. The average molecular weight is 221 g/mol. The molecule has 1 N–H and O–H groups in total. The molecule has 0 saturated carbocycles. The van der Waals surface area contributed by atoms with Crippen molar-refractivity contribution in [3.8, 4) is 0 Å². The molecule has 0 bridgehead atoms. The molecule has 0 aliphatic rings. The standard InChI is InChI=1S/C14H23NO/c1-11(2)15(12(3)4)9-13-5-7-14(10-16)8-6-13/h5-8,11-12,16H,9-10H2,1-4H3. The second-order valence-electron chi connectivity index (χ2n) is 4.83. The van der Waals surface area contributed by atoms with Crippen LogP contribution in [0.5, 0.6) is 0 Å². The molecule has 0 fully saturated rings. The first-order chi connectivity index (χ1) is 7.54. The molecule has 0 atom stereocenters. The Balaban J connectivity index is 2.70. The molecule has 0 spiro atoms. The van der Waals surface area contributed by atoms with Crippen molar-refractivity contribution in [3.63, 3.8) is 0 Å². The molecule has 2 nitrogen and oxygen atoms in total. The molecule has 90 valence electrons. The van der Waals surface area contributed by atoms with Gasteiger partial charge in [0.05, 0.1) is 6.61 Å². The van der Waals surface area contributed by atoms with Crippen LogP contribution in [0.4, 0.5) is 0 Å². The lowest BCUT2D eigenvalue weighted by Crippen LogP contribution is -2.36. The number of hydrogen-bond acceptors (Lipinski definition) is 2. The predicted octanol–water partition coefficient (Wildman–Crippen LogP) is 2.80. The maximum Gasteiger partial charge on any atom is 0.0681 e. The highest BCUT2D eigenvalue weighted by molar-refractivity contribution is 5.22. The minimum absolute atomic E-state index is 0.123. The van der Waals surface area contributed by atoms with E-state index in [9.17, 15) is 0 Å². The van der Waals surface area contributed by atoms with E-state index in [1.54, 1.807) is 0 Å². The third-order valence-electron chi connectivity index (χ3n) is 2.90. The molecule has 1 rings (SSSR count). The number of rotatable bonds is 5. The molecular weight excluding hydrogens is 198 g/mol. The van der Waals surface area contributed by atoms with E-state index >= 15 is 0 Å². The van der Waals surface area contributed by atoms with Crippen LogP contribution in [-0.4, -0.2) is 22.1 Å². The molecule has 0 amide bonds. The highest BCUT2D eigenvalue weighted by Gasteiger charge is 2.13. The Morgan fingerprint density at radius 1 is 0.938 bits per heavy atom. The Bertz CT molecular complexity index is 295. The second kappa shape index (κ2) is 6.02. The second-order valence-corrected chi connectivity index (χ2v) is 4.83. The van der Waals surface area contributed by atoms with Crippen LogP contribution in [0, 0.1) is 0 Å². The largest absolute Gasteiger partial charge is 0.392 e. The van der Waals surface area contributed by atoms with E-state index in [1.165, 1.54) is 5.56 Å². The van der Waals surface area contributed by atoms with Gasteiger partial charge in [-0.05, 0) is 38.8 Å². The lowest BCUT2D eigenvalue weighted by molar-refractivity contribution is 0.166. The zero-order chi connectivity index (χ0) is 12.1. The topological polar surface area (TPSA) is 23.5 Å². The predicted molar refractivity (Wildman–Crippen MR) is 68.2 cm³/mol. The first-order valence-electron chi connectivity index (χ1n) is 5.99. The van der Waals surface area contributed by atoms with Gasteiger partial charge in [0.25, 0.3) is 0 Å². The molecule has 0 radical (unpaired) electrons. The minimum atomic E-state index is 0.123. The van der Waals surface area contributed by atoms with Crippen LogP contribution in [0.25, 0.3) is 0 Å². The van der Waals surface area contributed by atoms with Crippen LogP contribution in [0.3, 0.4) is 0 Å². The quantitative estimate of drug-likeness (QED) is 0.826. The average Bonchev–Trinajstić information content (AvgIpc) is 2.25. The molecule has 2 heteroatoms. The van der Waals surface area contributed by atoms with Gasteiger partial charge in [-0.3, -0.25) is 4.90 Å². The third-order valence-corrected chi connectivity index (χ3v) is 2.90. The van der Waals surface area contributed by atoms with E-state index < -0.39 is 0 Å². The van der Waals surface area contributed by atoms with Crippen molar-refractivity contribution in [2.24, 2.45) is 0 Å². The van der Waals surface area contributed by atoms with Gasteiger partial charge in [-0.25, -0.2) is 0 Å². The molecular formula is C14H23NO. The van der Waals surface area contributed by atoms with Gasteiger partial charge in [0.1, 0.15) is 0 Å². The summed E-state index contributed by atoms with van der Waals surface area (Å²) in [5.74, 6) is 0. The van der Waals surface area contributed by atoms with Gasteiger partial charge in [-0.2, -0.15) is 0 Å². The van der Waals surface area contributed by atoms with Gasteiger partial charge >= 0.3 is 0 Å². The number of benzene rings is 1. The molecule has 0 aromatic heterocycles. The lowest BCUT2D eigenvalue weighted by atomic mass is 10.1. The molecule has 0 aliphatic carbocycles. The maximum atomic E-state index is 8.98. The fourth-order valence-corrected chi connectivity index (χ4v) is 1.92. The van der Waals surface area contributed by atoms with Gasteiger partial charge in [-0.15, -0.1) is 0 Å². The minimum Gasteiger partial charge on any atom is -0.392 e. The zero-order valence-electron chi connectivity index (χ0n) is 10.8. The zero-order valence-corrected chi connectivity index (χ0v) is 10.8. The molecule has 0 heterocycles. The first-order valence-corrected chi connectivity index (χ1v) is 5.99. The number of aliphatic hydroxyl groups is 1. The van der Waals surface area contributed by atoms with E-state index in [0.717, 1.165) is 12.1 Å². The summed E-state index contributed by atoms with van der Waals surface area (Å²) in [5.41, 5.74) is 2.28. The number of aliphatic hydroxyl groups excluding tert-OH is 1. The molecule has 0 saturated heterocycles. The summed E-state index contributed by atoms with van der Waals surface area (Å²) in [4.78, 5) is 2.45. The monoisotopic (exact) mass is 221 g/mol. The van der Waals surface area contributed by atoms with Gasteiger partial charge in [0.2, 0.25) is 0 Å². The third kappa shape index (κ3) is 3.62. The number of hydrogen-bond donors (Lipinski definition) is 1. The van der Waals surface area contributed by atoms with Crippen molar-refractivity contribution >= 4 is 0 Å². The van der Waals surface area contributed by atoms with Gasteiger partial charge < -0.3 is 5.11 Å². The smallest absolute Gasteiger partial charge is 0.0681 e. The molecule has 1 aromatic rings. The van der Waals surface area contributed by atoms with E-state index in [-0.39, 0.29) is 6.61 Å². The molecule has 0 unspecified atom stereocenters. The van der Waals surface area contributed by atoms with E-state index in [2.05, 4.69) is 44.7 Å². The molecule has 16 heavy (non-hydrogen) atoms. The highest BCUT2D eigenvalue weighted by Crippen LogP contribution is 2.12. The van der Waals surface area contributed by atoms with Crippen molar-refractivity contribution in [3.05, 3.63) is 35.4 Å². The summed E-state index contributed by atoms with van der Waals surface area (Å²) >= 11 is 0. The van der Waals surface area contributed by atoms with Crippen LogP contribution < -0.4 is 0 Å². The van der Waals surface area contributed by atoms with E-state index in [1.807, 2.05) is 12.1 Å². The van der Waals surface area contributed by atoms with Crippen molar-refractivity contribution in [1.29, 1.82) is 0 Å². The van der Waals surface area contributed by atoms with Crippen molar-refractivity contribution < 1.29 is 5.11 Å².